The summed E-state index contributed by atoms with van der Waals surface area (Å²) in [5.74, 6) is 0.386. The number of hydrogen-bond acceptors (Lipinski definition) is 3. The molecule has 1 rings (SSSR count). The van der Waals surface area contributed by atoms with Crippen molar-refractivity contribution in [1.29, 1.82) is 0 Å². The average Bonchev–Trinajstić information content (AvgIpc) is 2.31. The molecule has 17 heavy (non-hydrogen) atoms. The lowest BCUT2D eigenvalue weighted by atomic mass is 9.95. The minimum atomic E-state index is -0.379. The second-order valence-electron chi connectivity index (χ2n) is 3.56. The Morgan fingerprint density at radius 3 is 2.41 bits per heavy atom. The van der Waals surface area contributed by atoms with Crippen molar-refractivity contribution in [1.82, 2.24) is 0 Å². The SMILES string of the molecule is Bc1cc(OCC(OCC)OCC)ccc1F. The van der Waals surface area contributed by atoms with Gasteiger partial charge in [-0.3, -0.25) is 0 Å². The van der Waals surface area contributed by atoms with Crippen LogP contribution in [0.2, 0.25) is 0 Å². The van der Waals surface area contributed by atoms with Crippen molar-refractivity contribution in [2.24, 2.45) is 0 Å². The first kappa shape index (κ1) is 14.0. The molecule has 3 nitrogen and oxygen atoms in total. The molecule has 0 aliphatic rings. The van der Waals surface area contributed by atoms with Crippen LogP contribution in [-0.2, 0) is 9.47 Å². The molecule has 0 aliphatic heterocycles. The van der Waals surface area contributed by atoms with Gasteiger partial charge in [0.25, 0.3) is 0 Å². The van der Waals surface area contributed by atoms with Crippen LogP contribution in [0.3, 0.4) is 0 Å². The van der Waals surface area contributed by atoms with Crippen LogP contribution in [0.25, 0.3) is 0 Å². The van der Waals surface area contributed by atoms with Gasteiger partial charge >= 0.3 is 0 Å². The Hall–Kier alpha value is -1.07. The molecule has 0 aliphatic carbocycles. The fourth-order valence-corrected chi connectivity index (χ4v) is 1.39. The molecule has 0 atom stereocenters. The lowest BCUT2D eigenvalue weighted by Gasteiger charge is -2.17. The molecule has 1 aromatic rings. The maximum absolute atomic E-state index is 13.0. The largest absolute Gasteiger partial charge is 0.488 e. The Bertz CT molecular complexity index is 341. The number of rotatable bonds is 7. The summed E-state index contributed by atoms with van der Waals surface area (Å²) in [6.07, 6.45) is -0.379. The highest BCUT2D eigenvalue weighted by atomic mass is 19.1. The molecule has 0 bridgehead atoms. The Morgan fingerprint density at radius 1 is 1.24 bits per heavy atom. The quantitative estimate of drug-likeness (QED) is 0.522. The van der Waals surface area contributed by atoms with Gasteiger partial charge in [0, 0.05) is 13.2 Å². The number of halogens is 1. The van der Waals surface area contributed by atoms with E-state index in [2.05, 4.69) is 0 Å². The summed E-state index contributed by atoms with van der Waals surface area (Å²) in [4.78, 5) is 0. The summed E-state index contributed by atoms with van der Waals surface area (Å²) in [5.41, 5.74) is 0.562. The third-order valence-electron chi connectivity index (χ3n) is 2.22. The Kier molecular flexibility index (Phi) is 6.01. The second kappa shape index (κ2) is 7.30. The van der Waals surface area contributed by atoms with Gasteiger partial charge in [-0.05, 0) is 32.0 Å². The van der Waals surface area contributed by atoms with E-state index in [1.54, 1.807) is 20.0 Å². The molecule has 0 saturated carbocycles. The molecule has 0 unspecified atom stereocenters. The lowest BCUT2D eigenvalue weighted by Crippen LogP contribution is -2.25. The zero-order valence-corrected chi connectivity index (χ0v) is 10.5. The predicted octanol–water partition coefficient (Wildman–Crippen LogP) is 0.862. The predicted molar refractivity (Wildman–Crippen MR) is 67.1 cm³/mol. The topological polar surface area (TPSA) is 27.7 Å². The van der Waals surface area contributed by atoms with Crippen LogP contribution in [0, 0.1) is 5.82 Å². The van der Waals surface area contributed by atoms with E-state index in [0.29, 0.717) is 31.0 Å². The maximum Gasteiger partial charge on any atom is 0.191 e. The third kappa shape index (κ3) is 4.75. The molecule has 0 amide bonds. The molecule has 5 heteroatoms. The normalized spacial score (nSPS) is 10.8. The highest BCUT2D eigenvalue weighted by Gasteiger charge is 2.09. The molecule has 0 aromatic heterocycles. The summed E-state index contributed by atoms with van der Waals surface area (Å²) in [6.45, 7) is 5.22. The minimum Gasteiger partial charge on any atom is -0.488 e. The lowest BCUT2D eigenvalue weighted by molar-refractivity contribution is -0.152. The molecule has 0 spiro atoms. The molecule has 0 heterocycles. The van der Waals surface area contributed by atoms with E-state index in [1.165, 1.54) is 6.07 Å². The van der Waals surface area contributed by atoms with Crippen LogP contribution >= 0.6 is 0 Å². The summed E-state index contributed by atoms with van der Waals surface area (Å²) in [7, 11) is 1.70. The van der Waals surface area contributed by atoms with E-state index in [4.69, 9.17) is 14.2 Å². The summed E-state index contributed by atoms with van der Waals surface area (Å²) in [6, 6.07) is 4.64. The zero-order valence-electron chi connectivity index (χ0n) is 10.5. The summed E-state index contributed by atoms with van der Waals surface area (Å²) in [5, 5.41) is 0. The fourth-order valence-electron chi connectivity index (χ4n) is 1.39. The Morgan fingerprint density at radius 2 is 1.88 bits per heavy atom. The monoisotopic (exact) mass is 240 g/mol. The zero-order chi connectivity index (χ0) is 12.7. The first-order chi connectivity index (χ1) is 8.17. The molecular formula is C12H18BFO3. The van der Waals surface area contributed by atoms with Crippen LogP contribution in [0.1, 0.15) is 13.8 Å². The van der Waals surface area contributed by atoms with Gasteiger partial charge < -0.3 is 14.2 Å². The van der Waals surface area contributed by atoms with Gasteiger partial charge in [0.05, 0.1) is 0 Å². The second-order valence-corrected chi connectivity index (χ2v) is 3.56. The van der Waals surface area contributed by atoms with Gasteiger partial charge in [-0.1, -0.05) is 5.46 Å². The van der Waals surface area contributed by atoms with Gasteiger partial charge in [0.2, 0.25) is 0 Å². The van der Waals surface area contributed by atoms with Gasteiger partial charge in [-0.2, -0.15) is 0 Å². The Labute approximate surface area is 102 Å². The molecule has 0 saturated heterocycles. The molecule has 0 N–H and O–H groups in total. The number of benzene rings is 1. The van der Waals surface area contributed by atoms with Gasteiger partial charge in [-0.25, -0.2) is 4.39 Å². The summed E-state index contributed by atoms with van der Waals surface area (Å²) < 4.78 is 29.2. The van der Waals surface area contributed by atoms with Crippen molar-refractivity contribution < 1.29 is 18.6 Å². The average molecular weight is 240 g/mol. The van der Waals surface area contributed by atoms with Crippen LogP contribution < -0.4 is 10.2 Å². The van der Waals surface area contributed by atoms with Gasteiger partial charge in [-0.15, -0.1) is 0 Å². The van der Waals surface area contributed by atoms with E-state index in [0.717, 1.165) is 0 Å². The van der Waals surface area contributed by atoms with E-state index in [-0.39, 0.29) is 12.1 Å². The molecule has 0 radical (unpaired) electrons. The van der Waals surface area contributed by atoms with Crippen molar-refractivity contribution in [3.8, 4) is 5.75 Å². The van der Waals surface area contributed by atoms with Crippen LogP contribution in [0.4, 0.5) is 4.39 Å². The first-order valence-electron chi connectivity index (χ1n) is 5.79. The Balaban J connectivity index is 2.49. The van der Waals surface area contributed by atoms with Gasteiger partial charge in [0.1, 0.15) is 26.0 Å². The minimum absolute atomic E-state index is 0.233. The highest BCUT2D eigenvalue weighted by Crippen LogP contribution is 2.10. The van der Waals surface area contributed by atoms with Crippen molar-refractivity contribution in [2.45, 2.75) is 20.1 Å². The molecule has 94 valence electrons. The van der Waals surface area contributed by atoms with Crippen molar-refractivity contribution in [3.63, 3.8) is 0 Å². The van der Waals surface area contributed by atoms with E-state index in [9.17, 15) is 4.39 Å². The van der Waals surface area contributed by atoms with E-state index < -0.39 is 0 Å². The molecular weight excluding hydrogens is 222 g/mol. The van der Waals surface area contributed by atoms with E-state index in [1.807, 2.05) is 13.8 Å². The van der Waals surface area contributed by atoms with Crippen molar-refractivity contribution >= 4 is 13.3 Å². The standard InChI is InChI=1S/C12H18BFO3/c1-3-15-12(16-4-2)8-17-9-5-6-11(14)10(13)7-9/h5-7,12H,3-4,8,13H2,1-2H3. The first-order valence-corrected chi connectivity index (χ1v) is 5.79. The molecule has 1 aromatic carbocycles. The van der Waals surface area contributed by atoms with Gasteiger partial charge in [0.15, 0.2) is 6.29 Å². The smallest absolute Gasteiger partial charge is 0.191 e. The van der Waals surface area contributed by atoms with Crippen LogP contribution in [0.5, 0.6) is 5.75 Å². The number of hydrogen-bond donors (Lipinski definition) is 0. The van der Waals surface area contributed by atoms with Crippen molar-refractivity contribution in [3.05, 3.63) is 24.0 Å². The van der Waals surface area contributed by atoms with Crippen molar-refractivity contribution in [2.75, 3.05) is 19.8 Å². The third-order valence-corrected chi connectivity index (χ3v) is 2.22. The highest BCUT2D eigenvalue weighted by molar-refractivity contribution is 6.32. The van der Waals surface area contributed by atoms with Crippen LogP contribution in [0.15, 0.2) is 18.2 Å². The summed E-state index contributed by atoms with van der Waals surface area (Å²) >= 11 is 0. The van der Waals surface area contributed by atoms with E-state index >= 15 is 0 Å². The number of ether oxygens (including phenoxy) is 3. The van der Waals surface area contributed by atoms with Crippen LogP contribution in [-0.4, -0.2) is 34.0 Å². The fraction of sp³-hybridized carbons (Fsp3) is 0.500. The maximum atomic E-state index is 13.0. The molecule has 0 fully saturated rings.